The number of aryl methyl sites for hydroxylation is 2. The van der Waals surface area contributed by atoms with Gasteiger partial charge in [0.05, 0.1) is 17.6 Å². The number of pyridine rings is 1. The molecule has 0 unspecified atom stereocenters. The quantitative estimate of drug-likeness (QED) is 0.277. The first-order valence-electron chi connectivity index (χ1n) is 15.1. The van der Waals surface area contributed by atoms with Crippen LogP contribution in [0.5, 0.6) is 0 Å². The minimum atomic E-state index is -3.19. The van der Waals surface area contributed by atoms with Gasteiger partial charge in [-0.2, -0.15) is 0 Å². The lowest BCUT2D eigenvalue weighted by Crippen LogP contribution is -2.35. The fourth-order valence-corrected chi connectivity index (χ4v) is 7.50. The van der Waals surface area contributed by atoms with Gasteiger partial charge in [-0.1, -0.05) is 30.3 Å². The number of sulfone groups is 1. The van der Waals surface area contributed by atoms with E-state index >= 15 is 0 Å². The zero-order chi connectivity index (χ0) is 31.7. The molecule has 3 heterocycles. The molecular weight excluding hydrogens is 592 g/mol. The predicted molar refractivity (Wildman–Crippen MR) is 174 cm³/mol. The van der Waals surface area contributed by atoms with Gasteiger partial charge >= 0.3 is 6.09 Å². The topological polar surface area (TPSA) is 138 Å². The molecule has 45 heavy (non-hydrogen) atoms. The van der Waals surface area contributed by atoms with E-state index in [1.807, 2.05) is 43.3 Å². The SMILES string of the molecule is Cc1cc2ccc1CCOC(=O)Nc1ccc(CCS(=O)(=O)C3CC3)c(c1)CN(C)C(=O)[C@@H]2Nc1ccc2cc[nH]c(=O)c2c1. The van der Waals surface area contributed by atoms with E-state index < -0.39 is 22.0 Å². The summed E-state index contributed by atoms with van der Waals surface area (Å²) in [5.41, 5.74) is 5.09. The van der Waals surface area contributed by atoms with Crippen molar-refractivity contribution >= 4 is 44.0 Å². The van der Waals surface area contributed by atoms with E-state index in [4.69, 9.17) is 4.74 Å². The highest BCUT2D eigenvalue weighted by Crippen LogP contribution is 2.31. The van der Waals surface area contributed by atoms with E-state index in [1.165, 1.54) is 0 Å². The van der Waals surface area contributed by atoms with Crippen molar-refractivity contribution in [3.8, 4) is 0 Å². The second-order valence-electron chi connectivity index (χ2n) is 11.9. The molecule has 0 saturated heterocycles. The maximum atomic E-state index is 14.3. The zero-order valence-electron chi connectivity index (χ0n) is 25.3. The van der Waals surface area contributed by atoms with Gasteiger partial charge in [-0.05, 0) is 89.7 Å². The molecule has 2 amide bonds. The lowest BCUT2D eigenvalue weighted by Gasteiger charge is -2.27. The number of nitrogens with zero attached hydrogens (tertiary/aromatic N) is 1. The third-order valence-electron chi connectivity index (χ3n) is 8.56. The third-order valence-corrected chi connectivity index (χ3v) is 10.8. The molecule has 1 aromatic heterocycles. The van der Waals surface area contributed by atoms with Gasteiger partial charge in [0, 0.05) is 43.0 Å². The molecule has 1 atom stereocenters. The molecule has 4 bridgehead atoms. The number of benzene rings is 3. The van der Waals surface area contributed by atoms with Crippen LogP contribution < -0.4 is 16.2 Å². The number of fused-ring (bicyclic) bond motifs is 10. The van der Waals surface area contributed by atoms with Crippen molar-refractivity contribution in [1.82, 2.24) is 9.88 Å². The van der Waals surface area contributed by atoms with Gasteiger partial charge in [-0.25, -0.2) is 13.2 Å². The van der Waals surface area contributed by atoms with Crippen LogP contribution in [0.1, 0.15) is 46.7 Å². The number of carbonyl (C=O) groups is 2. The minimum absolute atomic E-state index is 0.0219. The van der Waals surface area contributed by atoms with Crippen LogP contribution in [-0.2, 0) is 38.8 Å². The van der Waals surface area contributed by atoms with Crippen LogP contribution in [0.25, 0.3) is 10.8 Å². The summed E-state index contributed by atoms with van der Waals surface area (Å²) in [6, 6.07) is 17.5. The summed E-state index contributed by atoms with van der Waals surface area (Å²) >= 11 is 0. The molecule has 0 radical (unpaired) electrons. The Morgan fingerprint density at radius 2 is 1.80 bits per heavy atom. The lowest BCUT2D eigenvalue weighted by molar-refractivity contribution is -0.131. The number of anilines is 2. The summed E-state index contributed by atoms with van der Waals surface area (Å²) in [5, 5.41) is 7.17. The zero-order valence-corrected chi connectivity index (χ0v) is 26.1. The standard InChI is InChI=1S/C34H36N4O6S/c1-21-17-25-4-3-22(21)12-15-44-34(41)37-27-7-5-23(13-16-45(42,43)29-9-10-29)26(18-27)20-38(2)33(40)31(25)36-28-8-6-24-11-14-35-32(39)30(24)19-28/h3-8,11,14,17-19,29,31,36H,9-10,12-13,15-16,20H2,1-2H3,(H,35,39)(H,37,41)/t31-/m1/s1. The number of hydrogen-bond acceptors (Lipinski definition) is 7. The Balaban J connectivity index is 1.36. The average Bonchev–Trinajstić information content (AvgIpc) is 3.87. The molecule has 3 N–H and O–H groups in total. The van der Waals surface area contributed by atoms with Gasteiger partial charge in [-0.3, -0.25) is 14.9 Å². The minimum Gasteiger partial charge on any atom is -0.449 e. The molecule has 10 nitrogen and oxygen atoms in total. The van der Waals surface area contributed by atoms with Crippen LogP contribution >= 0.6 is 0 Å². The normalized spacial score (nSPS) is 17.6. The van der Waals surface area contributed by atoms with Crippen LogP contribution in [0, 0.1) is 6.92 Å². The molecule has 1 aliphatic carbocycles. The first kappa shape index (κ1) is 30.4. The summed E-state index contributed by atoms with van der Waals surface area (Å²) in [5.74, 6) is -0.195. The van der Waals surface area contributed by atoms with E-state index in [-0.39, 0.29) is 35.6 Å². The van der Waals surface area contributed by atoms with E-state index in [0.29, 0.717) is 42.4 Å². The van der Waals surface area contributed by atoms with Gasteiger partial charge in [0.15, 0.2) is 9.84 Å². The van der Waals surface area contributed by atoms with E-state index in [0.717, 1.165) is 33.2 Å². The summed E-state index contributed by atoms with van der Waals surface area (Å²) in [7, 11) is -1.49. The Kier molecular flexibility index (Phi) is 8.37. The van der Waals surface area contributed by atoms with Crippen molar-refractivity contribution in [3.63, 3.8) is 0 Å². The first-order chi connectivity index (χ1) is 21.6. The van der Waals surface area contributed by atoms with Crippen LogP contribution in [0.2, 0.25) is 0 Å². The second-order valence-corrected chi connectivity index (χ2v) is 14.3. The molecule has 3 aliphatic rings. The van der Waals surface area contributed by atoms with Gasteiger partial charge < -0.3 is 19.9 Å². The number of rotatable bonds is 6. The number of nitrogens with one attached hydrogen (secondary N) is 3. The Bertz CT molecular complexity index is 1950. The van der Waals surface area contributed by atoms with E-state index in [9.17, 15) is 22.8 Å². The third kappa shape index (κ3) is 6.88. The molecule has 1 fully saturated rings. The fourth-order valence-electron chi connectivity index (χ4n) is 5.81. The second kappa shape index (κ2) is 12.4. The molecule has 2 aliphatic heterocycles. The van der Waals surface area contributed by atoms with Crippen molar-refractivity contribution < 1.29 is 22.7 Å². The number of aromatic amines is 1. The van der Waals surface area contributed by atoms with Gasteiger partial charge in [0.1, 0.15) is 6.04 Å². The Morgan fingerprint density at radius 1 is 0.978 bits per heavy atom. The van der Waals surface area contributed by atoms with Crippen LogP contribution in [0.3, 0.4) is 0 Å². The van der Waals surface area contributed by atoms with Crippen molar-refractivity contribution in [3.05, 3.63) is 105 Å². The van der Waals surface area contributed by atoms with Crippen LogP contribution in [-0.4, -0.2) is 55.0 Å². The summed E-state index contributed by atoms with van der Waals surface area (Å²) < 4.78 is 30.8. The number of H-pyrrole nitrogens is 1. The smallest absolute Gasteiger partial charge is 0.411 e. The predicted octanol–water partition coefficient (Wildman–Crippen LogP) is 4.87. The van der Waals surface area contributed by atoms with Crippen molar-refractivity contribution in [2.45, 2.75) is 50.4 Å². The Morgan fingerprint density at radius 3 is 2.58 bits per heavy atom. The van der Waals surface area contributed by atoms with E-state index in [1.54, 1.807) is 42.4 Å². The molecule has 3 aromatic carbocycles. The number of aromatic nitrogens is 1. The molecule has 1 saturated carbocycles. The van der Waals surface area contributed by atoms with Crippen molar-refractivity contribution in [2.24, 2.45) is 0 Å². The lowest BCUT2D eigenvalue weighted by atomic mass is 9.97. The van der Waals surface area contributed by atoms with E-state index in [2.05, 4.69) is 15.6 Å². The Labute approximate surface area is 261 Å². The summed E-state index contributed by atoms with van der Waals surface area (Å²) in [4.78, 5) is 43.6. The van der Waals surface area contributed by atoms with Gasteiger partial charge in [-0.15, -0.1) is 0 Å². The summed E-state index contributed by atoms with van der Waals surface area (Å²) in [6.45, 7) is 2.30. The van der Waals surface area contributed by atoms with Gasteiger partial charge in [0.2, 0.25) is 5.91 Å². The molecular formula is C34H36N4O6S. The highest BCUT2D eigenvalue weighted by molar-refractivity contribution is 7.92. The molecule has 234 valence electrons. The molecule has 11 heteroatoms. The van der Waals surface area contributed by atoms with Crippen molar-refractivity contribution in [1.29, 1.82) is 0 Å². The number of likely N-dealkylation sites (N-methyl/N-ethyl adjacent to an activating group) is 1. The molecule has 0 spiro atoms. The maximum absolute atomic E-state index is 14.3. The highest BCUT2D eigenvalue weighted by atomic mass is 32.2. The largest absolute Gasteiger partial charge is 0.449 e. The maximum Gasteiger partial charge on any atom is 0.411 e. The van der Waals surface area contributed by atoms with Crippen molar-refractivity contribution in [2.75, 3.05) is 30.0 Å². The number of amides is 2. The Hall–Kier alpha value is -4.64. The number of carbonyl (C=O) groups excluding carboxylic acids is 2. The van der Waals surface area contributed by atoms with Crippen LogP contribution in [0.15, 0.2) is 71.7 Å². The molecule has 4 aromatic rings. The highest BCUT2D eigenvalue weighted by Gasteiger charge is 2.35. The first-order valence-corrected chi connectivity index (χ1v) is 16.8. The van der Waals surface area contributed by atoms with Gasteiger partial charge in [0.25, 0.3) is 5.56 Å². The summed E-state index contributed by atoms with van der Waals surface area (Å²) in [6.07, 6.45) is 3.22. The van der Waals surface area contributed by atoms with Crippen LogP contribution in [0.4, 0.5) is 16.2 Å². The monoisotopic (exact) mass is 628 g/mol. The fraction of sp³-hybridized carbons (Fsp3) is 0.324. The number of hydrogen-bond donors (Lipinski definition) is 3. The molecule has 7 rings (SSSR count). The average molecular weight is 629 g/mol. The number of ether oxygens (including phenoxy) is 1.